The van der Waals surface area contributed by atoms with Crippen molar-refractivity contribution in [3.8, 4) is 11.5 Å². The van der Waals surface area contributed by atoms with Gasteiger partial charge in [0.25, 0.3) is 5.91 Å². The first-order chi connectivity index (χ1) is 11.1. The number of benzene rings is 1. The molecule has 0 heterocycles. The summed E-state index contributed by atoms with van der Waals surface area (Å²) in [7, 11) is 1.49. The lowest BCUT2D eigenvalue weighted by Gasteiger charge is -2.22. The lowest BCUT2D eigenvalue weighted by molar-refractivity contribution is 0.0669. The van der Waals surface area contributed by atoms with E-state index in [9.17, 15) is 15.0 Å². The van der Waals surface area contributed by atoms with Gasteiger partial charge in [-0.25, -0.2) is 0 Å². The molecule has 6 nitrogen and oxygen atoms in total. The van der Waals surface area contributed by atoms with Crippen molar-refractivity contribution in [2.24, 2.45) is 0 Å². The van der Waals surface area contributed by atoms with Crippen molar-refractivity contribution in [3.05, 3.63) is 36.4 Å². The number of carbonyl (C=O) groups is 1. The van der Waals surface area contributed by atoms with Gasteiger partial charge in [0.15, 0.2) is 11.5 Å². The van der Waals surface area contributed by atoms with Crippen LogP contribution in [0.5, 0.6) is 11.5 Å². The highest BCUT2D eigenvalue weighted by Crippen LogP contribution is 2.28. The molecule has 128 valence electrons. The molecule has 6 heteroatoms. The van der Waals surface area contributed by atoms with Gasteiger partial charge in [-0.3, -0.25) is 4.79 Å². The largest absolute Gasteiger partial charge is 0.493 e. The number of ether oxygens (including phenoxy) is 2. The Kier molecular flexibility index (Phi) is 8.15. The van der Waals surface area contributed by atoms with Crippen molar-refractivity contribution in [1.82, 2.24) is 5.32 Å². The number of carbonyl (C=O) groups excluding carboxylic acids is 1. The maximum Gasteiger partial charge on any atom is 0.251 e. The molecule has 0 radical (unpaired) electrons. The van der Waals surface area contributed by atoms with E-state index in [4.69, 9.17) is 9.47 Å². The summed E-state index contributed by atoms with van der Waals surface area (Å²) < 4.78 is 10.6. The van der Waals surface area contributed by atoms with Gasteiger partial charge in [-0.05, 0) is 24.6 Å². The average Bonchev–Trinajstić information content (AvgIpc) is 2.57. The van der Waals surface area contributed by atoms with Crippen molar-refractivity contribution in [1.29, 1.82) is 0 Å². The van der Waals surface area contributed by atoms with E-state index in [0.29, 0.717) is 30.1 Å². The fourth-order valence-corrected chi connectivity index (χ4v) is 2.09. The van der Waals surface area contributed by atoms with E-state index < -0.39 is 18.1 Å². The molecule has 0 aliphatic heterocycles. The number of nitrogens with one attached hydrogen (secondary N) is 1. The molecule has 0 fully saturated rings. The summed E-state index contributed by atoms with van der Waals surface area (Å²) in [5.74, 6) is 0.538. The number of aliphatic hydroxyl groups is 2. The summed E-state index contributed by atoms with van der Waals surface area (Å²) in [5.41, 5.74) is 0.356. The van der Waals surface area contributed by atoms with Crippen molar-refractivity contribution >= 4 is 5.91 Å². The third-order valence-electron chi connectivity index (χ3n) is 3.34. The second kappa shape index (κ2) is 9.86. The number of hydrogen-bond donors (Lipinski definition) is 3. The molecule has 0 aromatic heterocycles. The number of hydrogen-bond acceptors (Lipinski definition) is 5. The van der Waals surface area contributed by atoms with Crippen LogP contribution in [0.25, 0.3) is 0 Å². The third kappa shape index (κ3) is 5.58. The summed E-state index contributed by atoms with van der Waals surface area (Å²) in [6.45, 7) is 5.50. The molecule has 23 heavy (non-hydrogen) atoms. The van der Waals surface area contributed by atoms with Gasteiger partial charge < -0.3 is 25.0 Å². The van der Waals surface area contributed by atoms with E-state index >= 15 is 0 Å². The highest BCUT2D eigenvalue weighted by molar-refractivity contribution is 5.95. The number of amides is 1. The van der Waals surface area contributed by atoms with Crippen molar-refractivity contribution in [2.75, 3.05) is 20.3 Å². The van der Waals surface area contributed by atoms with Gasteiger partial charge in [-0.1, -0.05) is 26.0 Å². The molecule has 1 aromatic carbocycles. The molecule has 0 spiro atoms. The van der Waals surface area contributed by atoms with Crippen LogP contribution < -0.4 is 14.8 Å². The molecule has 1 aromatic rings. The zero-order chi connectivity index (χ0) is 17.2. The predicted octanol–water partition coefficient (Wildman–Crippen LogP) is 1.51. The molecule has 0 aliphatic rings. The summed E-state index contributed by atoms with van der Waals surface area (Å²) in [5, 5.41) is 21.9. The Morgan fingerprint density at radius 3 is 2.74 bits per heavy atom. The molecule has 0 saturated carbocycles. The highest BCUT2D eigenvalue weighted by atomic mass is 16.5. The van der Waals surface area contributed by atoms with Crippen LogP contribution >= 0.6 is 0 Å². The fraction of sp³-hybridized carbons (Fsp3) is 0.471. The first kappa shape index (κ1) is 19.0. The zero-order valence-corrected chi connectivity index (χ0v) is 13.6. The number of aliphatic hydroxyl groups excluding tert-OH is 2. The Balaban J connectivity index is 2.84. The van der Waals surface area contributed by atoms with E-state index in [0.717, 1.165) is 6.42 Å². The monoisotopic (exact) mass is 323 g/mol. The van der Waals surface area contributed by atoms with Crippen LogP contribution in [0.1, 0.15) is 30.1 Å². The van der Waals surface area contributed by atoms with Gasteiger partial charge in [0.05, 0.1) is 25.9 Å². The molecule has 3 N–H and O–H groups in total. The standard InChI is InChI=1S/C17H25NO5/c1-4-6-14(20)13(11-19)18-17(21)12-7-8-15(23-9-5-2)16(10-12)22-3/h5,7-8,10,13-14,19-20H,2,4,6,9,11H2,1,3H3,(H,18,21). The van der Waals surface area contributed by atoms with Gasteiger partial charge in [-0.15, -0.1) is 0 Å². The Hall–Kier alpha value is -2.05. The lowest BCUT2D eigenvalue weighted by atomic mass is 10.1. The molecule has 0 aliphatic carbocycles. The molecule has 1 amide bonds. The van der Waals surface area contributed by atoms with Gasteiger partial charge >= 0.3 is 0 Å². The predicted molar refractivity (Wildman–Crippen MR) is 87.9 cm³/mol. The van der Waals surface area contributed by atoms with Crippen LogP contribution in [-0.2, 0) is 0 Å². The average molecular weight is 323 g/mol. The summed E-state index contributed by atoms with van der Waals surface area (Å²) in [4.78, 5) is 12.3. The molecular formula is C17H25NO5. The quantitative estimate of drug-likeness (QED) is 0.568. The van der Waals surface area contributed by atoms with Crippen molar-refractivity contribution in [2.45, 2.75) is 31.9 Å². The summed E-state index contributed by atoms with van der Waals surface area (Å²) in [6.07, 6.45) is 2.09. The smallest absolute Gasteiger partial charge is 0.251 e. The lowest BCUT2D eigenvalue weighted by Crippen LogP contribution is -2.45. The zero-order valence-electron chi connectivity index (χ0n) is 13.6. The van der Waals surface area contributed by atoms with Gasteiger partial charge in [0, 0.05) is 5.56 Å². The molecule has 2 atom stereocenters. The second-order valence-electron chi connectivity index (χ2n) is 5.08. The molecule has 1 rings (SSSR count). The maximum atomic E-state index is 12.3. The molecule has 0 bridgehead atoms. The Bertz CT molecular complexity index is 518. The van der Waals surface area contributed by atoms with E-state index in [2.05, 4.69) is 11.9 Å². The van der Waals surface area contributed by atoms with Crippen LogP contribution in [-0.4, -0.2) is 48.6 Å². The second-order valence-corrected chi connectivity index (χ2v) is 5.08. The molecular weight excluding hydrogens is 298 g/mol. The Labute approximate surface area is 136 Å². The summed E-state index contributed by atoms with van der Waals surface area (Å²) >= 11 is 0. The Morgan fingerprint density at radius 1 is 1.43 bits per heavy atom. The number of methoxy groups -OCH3 is 1. The van der Waals surface area contributed by atoms with Gasteiger partial charge in [-0.2, -0.15) is 0 Å². The minimum absolute atomic E-state index is 0.329. The van der Waals surface area contributed by atoms with Gasteiger partial charge in [0.1, 0.15) is 6.61 Å². The van der Waals surface area contributed by atoms with E-state index in [1.165, 1.54) is 7.11 Å². The Morgan fingerprint density at radius 2 is 2.17 bits per heavy atom. The first-order valence-electron chi connectivity index (χ1n) is 7.58. The maximum absolute atomic E-state index is 12.3. The topological polar surface area (TPSA) is 88.0 Å². The van der Waals surface area contributed by atoms with Crippen LogP contribution in [0, 0.1) is 0 Å². The van der Waals surface area contributed by atoms with Crippen LogP contribution in [0.2, 0.25) is 0 Å². The van der Waals surface area contributed by atoms with E-state index in [1.54, 1.807) is 24.3 Å². The van der Waals surface area contributed by atoms with Gasteiger partial charge in [0.2, 0.25) is 0 Å². The first-order valence-corrected chi connectivity index (χ1v) is 7.58. The normalized spacial score (nSPS) is 13.0. The van der Waals surface area contributed by atoms with Crippen LogP contribution in [0.3, 0.4) is 0 Å². The van der Waals surface area contributed by atoms with Crippen molar-refractivity contribution < 1.29 is 24.5 Å². The van der Waals surface area contributed by atoms with E-state index in [-0.39, 0.29) is 6.61 Å². The highest BCUT2D eigenvalue weighted by Gasteiger charge is 2.21. The SMILES string of the molecule is C=CCOc1ccc(C(=O)NC(CO)C(O)CCC)cc1OC. The fourth-order valence-electron chi connectivity index (χ4n) is 2.09. The van der Waals surface area contributed by atoms with Crippen molar-refractivity contribution in [3.63, 3.8) is 0 Å². The number of rotatable bonds is 10. The van der Waals surface area contributed by atoms with E-state index in [1.807, 2.05) is 6.92 Å². The molecule has 2 unspecified atom stereocenters. The summed E-state index contributed by atoms with van der Waals surface area (Å²) in [6, 6.07) is 4.07. The van der Waals surface area contributed by atoms with Crippen LogP contribution in [0.15, 0.2) is 30.9 Å². The van der Waals surface area contributed by atoms with Crippen LogP contribution in [0.4, 0.5) is 0 Å². The third-order valence-corrected chi connectivity index (χ3v) is 3.34. The minimum Gasteiger partial charge on any atom is -0.493 e. The molecule has 0 saturated heterocycles. The minimum atomic E-state index is -0.786.